The first-order chi connectivity index (χ1) is 17.5. The molecule has 0 amide bonds. The molecule has 3 heterocycles. The number of ether oxygens (including phenoxy) is 1. The summed E-state index contributed by atoms with van der Waals surface area (Å²) in [6.45, 7) is 5.51. The number of methoxy groups -OCH3 is 1. The predicted molar refractivity (Wildman–Crippen MR) is 143 cm³/mol. The fraction of sp³-hybridized carbons (Fsp3) is 0.259. The molecule has 0 unspecified atom stereocenters. The molecule has 4 aromatic rings. The van der Waals surface area contributed by atoms with E-state index in [0.29, 0.717) is 29.5 Å². The third-order valence-corrected chi connectivity index (χ3v) is 6.47. The fourth-order valence-electron chi connectivity index (χ4n) is 4.54. The van der Waals surface area contributed by atoms with Crippen LogP contribution in [0.3, 0.4) is 0 Å². The summed E-state index contributed by atoms with van der Waals surface area (Å²) in [5.74, 6) is 1.23. The number of aliphatic imine (C=N–C) groups is 1. The van der Waals surface area contributed by atoms with E-state index in [4.69, 9.17) is 4.74 Å². The normalized spacial score (nSPS) is 14.2. The van der Waals surface area contributed by atoms with Crippen LogP contribution in [-0.4, -0.2) is 32.6 Å². The van der Waals surface area contributed by atoms with E-state index in [2.05, 4.69) is 37.8 Å². The van der Waals surface area contributed by atoms with E-state index in [1.54, 1.807) is 18.0 Å². The van der Waals surface area contributed by atoms with Crippen LogP contribution in [0.5, 0.6) is 0 Å². The molecule has 2 aromatic heterocycles. The first-order valence-corrected chi connectivity index (χ1v) is 11.9. The van der Waals surface area contributed by atoms with Crippen molar-refractivity contribution in [1.82, 2.24) is 24.9 Å². The number of allylic oxidation sites excluding steroid dienone is 3. The number of benzene rings is 2. The van der Waals surface area contributed by atoms with Crippen LogP contribution < -0.4 is 5.32 Å². The third-order valence-electron chi connectivity index (χ3n) is 6.47. The molecule has 9 heteroatoms. The van der Waals surface area contributed by atoms with Crippen LogP contribution in [0, 0.1) is 4.91 Å². The second kappa shape index (κ2) is 9.79. The Bertz CT molecular complexity index is 1510. The first kappa shape index (κ1) is 23.5. The van der Waals surface area contributed by atoms with Crippen molar-refractivity contribution in [3.63, 3.8) is 0 Å². The van der Waals surface area contributed by atoms with Gasteiger partial charge < -0.3 is 10.1 Å². The summed E-state index contributed by atoms with van der Waals surface area (Å²) in [5, 5.41) is 14.7. The van der Waals surface area contributed by atoms with E-state index in [9.17, 15) is 4.91 Å². The Balaban J connectivity index is 1.43. The lowest BCUT2D eigenvalue weighted by Gasteiger charge is -2.18. The van der Waals surface area contributed by atoms with Gasteiger partial charge in [0.2, 0.25) is 0 Å². The van der Waals surface area contributed by atoms with E-state index >= 15 is 0 Å². The minimum absolute atomic E-state index is 0.345. The summed E-state index contributed by atoms with van der Waals surface area (Å²) in [6.07, 6.45) is 6.26. The second-order valence-corrected chi connectivity index (χ2v) is 8.83. The summed E-state index contributed by atoms with van der Waals surface area (Å²) in [7, 11) is 3.43. The monoisotopic (exact) mass is 483 g/mol. The molecule has 184 valence electrons. The number of nitroso groups, excluding NO2 is 1. The number of hydrogen-bond acceptors (Lipinski definition) is 6. The number of nitrogens with one attached hydrogen (secondary N) is 2. The molecule has 1 aliphatic heterocycles. The van der Waals surface area contributed by atoms with E-state index in [1.165, 1.54) is 11.1 Å². The number of aryl methyl sites for hydroxylation is 1. The maximum absolute atomic E-state index is 12.0. The van der Waals surface area contributed by atoms with Gasteiger partial charge in [-0.15, -0.1) is 4.91 Å². The van der Waals surface area contributed by atoms with Crippen molar-refractivity contribution < 1.29 is 4.74 Å². The maximum atomic E-state index is 12.0. The fourth-order valence-corrected chi connectivity index (χ4v) is 4.54. The average molecular weight is 484 g/mol. The lowest BCUT2D eigenvalue weighted by Crippen LogP contribution is -2.13. The lowest BCUT2D eigenvalue weighted by atomic mass is 10.0. The van der Waals surface area contributed by atoms with Crippen molar-refractivity contribution in [3.8, 4) is 5.82 Å². The van der Waals surface area contributed by atoms with Crippen LogP contribution in [0.1, 0.15) is 41.8 Å². The van der Waals surface area contributed by atoms with Gasteiger partial charge in [-0.05, 0) is 52.1 Å². The van der Waals surface area contributed by atoms with Gasteiger partial charge in [0.05, 0.1) is 23.8 Å². The highest BCUT2D eigenvalue weighted by atomic mass is 16.5. The molecule has 0 radical (unpaired) electrons. The van der Waals surface area contributed by atoms with E-state index in [1.807, 2.05) is 62.0 Å². The van der Waals surface area contributed by atoms with Gasteiger partial charge in [0.25, 0.3) is 0 Å². The zero-order valence-electron chi connectivity index (χ0n) is 20.9. The largest absolute Gasteiger partial charge is 0.484 e. The third kappa shape index (κ3) is 4.29. The highest BCUT2D eigenvalue weighted by Gasteiger charge is 2.23. The van der Waals surface area contributed by atoms with Crippen LogP contribution in [0.2, 0.25) is 0 Å². The highest BCUT2D eigenvalue weighted by Crippen LogP contribution is 2.33. The maximum Gasteiger partial charge on any atom is 0.184 e. The van der Waals surface area contributed by atoms with Gasteiger partial charge in [0.1, 0.15) is 0 Å². The number of aromatic amines is 1. The van der Waals surface area contributed by atoms with Crippen molar-refractivity contribution in [2.45, 2.75) is 33.4 Å². The average Bonchev–Trinajstić information content (AvgIpc) is 3.46. The summed E-state index contributed by atoms with van der Waals surface area (Å²) in [5.41, 5.74) is 8.66. The molecule has 0 bridgehead atoms. The topological polar surface area (TPSA) is 102 Å². The molecule has 1 aliphatic rings. The summed E-state index contributed by atoms with van der Waals surface area (Å²) in [4.78, 5) is 16.3. The molecule has 0 fully saturated rings. The molecule has 0 atom stereocenters. The number of rotatable bonds is 7. The molecule has 0 saturated carbocycles. The lowest BCUT2D eigenvalue weighted by molar-refractivity contribution is 0.400. The van der Waals surface area contributed by atoms with Crippen LogP contribution >= 0.6 is 0 Å². The summed E-state index contributed by atoms with van der Waals surface area (Å²) in [6, 6.07) is 12.5. The van der Waals surface area contributed by atoms with Crippen molar-refractivity contribution in [2.75, 3.05) is 7.11 Å². The first-order valence-electron chi connectivity index (χ1n) is 11.9. The van der Waals surface area contributed by atoms with Gasteiger partial charge in [-0.2, -0.15) is 5.10 Å². The Morgan fingerprint density at radius 1 is 1.19 bits per heavy atom. The van der Waals surface area contributed by atoms with Crippen LogP contribution in [-0.2, 0) is 31.3 Å². The quantitative estimate of drug-likeness (QED) is 0.162. The Kier molecular flexibility index (Phi) is 6.39. The van der Waals surface area contributed by atoms with Crippen molar-refractivity contribution in [1.29, 1.82) is 0 Å². The Hall–Kier alpha value is -4.24. The van der Waals surface area contributed by atoms with Crippen molar-refractivity contribution in [3.05, 3.63) is 87.6 Å². The number of fused-ring (bicyclic) bond motifs is 2. The minimum Gasteiger partial charge on any atom is -0.484 e. The SMILES string of the molecule is C/C=C\C(=C/N=C(C)OC)c1ccc(Cc2nn(C)c(-n3[nH]c4cc5c(cc43)CNC5)c2N=O)cc1. The van der Waals surface area contributed by atoms with Gasteiger partial charge in [0, 0.05) is 39.7 Å². The van der Waals surface area contributed by atoms with Crippen LogP contribution in [0.15, 0.2) is 64.9 Å². The van der Waals surface area contributed by atoms with Crippen molar-refractivity contribution in [2.24, 2.45) is 17.2 Å². The predicted octanol–water partition coefficient (Wildman–Crippen LogP) is 5.27. The molecule has 36 heavy (non-hydrogen) atoms. The molecule has 0 aliphatic carbocycles. The minimum atomic E-state index is 0.345. The second-order valence-electron chi connectivity index (χ2n) is 8.83. The molecule has 2 N–H and O–H groups in total. The van der Waals surface area contributed by atoms with E-state index < -0.39 is 0 Å². The zero-order chi connectivity index (χ0) is 25.2. The molecular formula is C27H29N7O2. The summed E-state index contributed by atoms with van der Waals surface area (Å²) < 4.78 is 8.73. The van der Waals surface area contributed by atoms with Crippen molar-refractivity contribution >= 4 is 28.2 Å². The zero-order valence-corrected chi connectivity index (χ0v) is 20.9. The van der Waals surface area contributed by atoms with E-state index in [-0.39, 0.29) is 0 Å². The highest BCUT2D eigenvalue weighted by molar-refractivity contribution is 5.83. The van der Waals surface area contributed by atoms with Gasteiger partial charge in [-0.25, -0.2) is 14.4 Å². The van der Waals surface area contributed by atoms with Gasteiger partial charge in [-0.1, -0.05) is 36.4 Å². The molecule has 0 spiro atoms. The number of hydrogen-bond donors (Lipinski definition) is 2. The Morgan fingerprint density at radius 3 is 2.64 bits per heavy atom. The number of aromatic nitrogens is 4. The standard InChI is InChI=1S/C27H29N7O2/c1-5-6-20(16-29-17(2)36-4)19-9-7-18(8-10-19)11-24-26(32-35)27(33(3)30-24)34-25-13-22-15-28-14-21(22)12-23(25)31-34/h5-10,12-13,16,28,31H,11,14-15H2,1-4H3/b6-5-,20-16+,29-17?. The Labute approximate surface area is 209 Å². The van der Waals surface area contributed by atoms with Crippen LogP contribution in [0.25, 0.3) is 22.4 Å². The number of H-pyrrole nitrogens is 1. The van der Waals surface area contributed by atoms with E-state index in [0.717, 1.165) is 40.8 Å². The molecule has 9 nitrogen and oxygen atoms in total. The van der Waals surface area contributed by atoms with Gasteiger partial charge >= 0.3 is 0 Å². The molecule has 0 saturated heterocycles. The molecular weight excluding hydrogens is 454 g/mol. The molecule has 5 rings (SSSR count). The van der Waals surface area contributed by atoms with Gasteiger partial charge in [0.15, 0.2) is 17.4 Å². The number of nitrogens with zero attached hydrogens (tertiary/aromatic N) is 5. The molecule has 2 aromatic carbocycles. The summed E-state index contributed by atoms with van der Waals surface area (Å²) >= 11 is 0. The Morgan fingerprint density at radius 2 is 1.94 bits per heavy atom. The smallest absolute Gasteiger partial charge is 0.184 e. The van der Waals surface area contributed by atoms with Gasteiger partial charge in [-0.3, -0.25) is 5.10 Å². The van der Waals surface area contributed by atoms with Crippen LogP contribution in [0.4, 0.5) is 5.69 Å².